The van der Waals surface area contributed by atoms with E-state index < -0.39 is 28.1 Å². The van der Waals surface area contributed by atoms with Gasteiger partial charge in [0.15, 0.2) is 0 Å². The summed E-state index contributed by atoms with van der Waals surface area (Å²) in [6, 6.07) is 1.55. The van der Waals surface area contributed by atoms with Crippen molar-refractivity contribution in [3.05, 3.63) is 154 Å². The number of amides is 5. The molecule has 15 heterocycles. The number of methoxy groups -OCH3 is 1. The van der Waals surface area contributed by atoms with Gasteiger partial charge in [0.2, 0.25) is 29.5 Å². The molecule has 7 unspecified atom stereocenters. The normalized spacial score (nSPS) is 30.5. The number of ether oxygens (including phenoxy) is 1. The van der Waals surface area contributed by atoms with Crippen LogP contribution in [-0.2, 0) is 34.1 Å². The van der Waals surface area contributed by atoms with Gasteiger partial charge in [-0.2, -0.15) is 0 Å². The second-order valence-electron chi connectivity index (χ2n) is 39.1. The molecule has 0 spiro atoms. The summed E-state index contributed by atoms with van der Waals surface area (Å²) in [5.74, 6) is 4.17. The quantitative estimate of drug-likeness (QED) is 0.0222. The Kier molecular flexibility index (Phi) is 27.6. The maximum atomic E-state index is 14.6. The first-order valence-corrected chi connectivity index (χ1v) is 46.4. The molecule has 5 amide bonds. The number of aromatic nitrogens is 15. The number of hydrogen-bond donors (Lipinski definition) is 10. The molecule has 0 radical (unpaired) electrons. The Bertz CT molecular complexity index is 5660. The number of aromatic amines is 5. The van der Waals surface area contributed by atoms with Crippen LogP contribution >= 0.6 is 0 Å². The zero-order valence-electron chi connectivity index (χ0n) is 77.4. The van der Waals surface area contributed by atoms with Crippen molar-refractivity contribution in [2.45, 2.75) is 285 Å². The lowest BCUT2D eigenvalue weighted by Crippen LogP contribution is -2.49. The minimum atomic E-state index is -1.22. The van der Waals surface area contributed by atoms with Crippen molar-refractivity contribution in [1.82, 2.24) is 99.3 Å². The molecular formula is C98H129F4N25O6. The van der Waals surface area contributed by atoms with Gasteiger partial charge < -0.3 is 80.7 Å². The highest BCUT2D eigenvalue weighted by atomic mass is 19.2. The lowest BCUT2D eigenvalue weighted by molar-refractivity contribution is -0.130. The molecule has 5 saturated heterocycles. The number of piperidine rings is 5. The van der Waals surface area contributed by atoms with E-state index in [-0.39, 0.29) is 115 Å². The van der Waals surface area contributed by atoms with Crippen molar-refractivity contribution in [2.75, 3.05) is 73.0 Å². The first kappa shape index (κ1) is 95.4. The van der Waals surface area contributed by atoms with Gasteiger partial charge in [-0.05, 0) is 229 Å². The minimum absolute atomic E-state index is 0. The van der Waals surface area contributed by atoms with Gasteiger partial charge in [-0.1, -0.05) is 47.2 Å². The predicted octanol–water partition coefficient (Wildman–Crippen LogP) is 16.1. The molecule has 133 heavy (non-hydrogen) atoms. The summed E-state index contributed by atoms with van der Waals surface area (Å²) in [6.45, 7) is 40.6. The smallest absolute Gasteiger partial charge is 0.246 e. The number of fused-ring (bicyclic) bond motifs is 5. The molecule has 35 heteroatoms. The highest BCUT2D eigenvalue weighted by Gasteiger charge is 2.64. The van der Waals surface area contributed by atoms with Gasteiger partial charge >= 0.3 is 0 Å². The number of halogens is 4. The molecule has 31 nitrogen and oxygen atoms in total. The number of carbonyl (C=O) groups excluding carboxylic acids is 5. The minimum Gasteiger partial charge on any atom is -0.384 e. The van der Waals surface area contributed by atoms with Crippen LogP contribution < -0.4 is 26.6 Å². The molecule has 20 rings (SSSR count). The Hall–Kier alpha value is -12.2. The Morgan fingerprint density at radius 1 is 0.391 bits per heavy atom. The first-order valence-electron chi connectivity index (χ1n) is 46.4. The van der Waals surface area contributed by atoms with Crippen LogP contribution in [0.15, 0.2) is 126 Å². The van der Waals surface area contributed by atoms with Gasteiger partial charge in [0.05, 0.1) is 26.9 Å². The maximum absolute atomic E-state index is 14.6. The first-order chi connectivity index (χ1) is 63.1. The molecule has 0 aromatic carbocycles. The van der Waals surface area contributed by atoms with Crippen molar-refractivity contribution in [3.63, 3.8) is 0 Å². The number of rotatable bonds is 22. The van der Waals surface area contributed by atoms with E-state index in [2.05, 4.69) is 175 Å². The van der Waals surface area contributed by atoms with E-state index in [1.165, 1.54) is 61.3 Å². The van der Waals surface area contributed by atoms with Crippen molar-refractivity contribution in [1.29, 1.82) is 0 Å². The lowest BCUT2D eigenvalue weighted by atomic mass is 9.94. The van der Waals surface area contributed by atoms with E-state index in [0.29, 0.717) is 116 Å². The summed E-state index contributed by atoms with van der Waals surface area (Å²) in [6.07, 6.45) is 36.5. The van der Waals surface area contributed by atoms with Crippen LogP contribution in [0.5, 0.6) is 0 Å². The van der Waals surface area contributed by atoms with E-state index in [1.807, 2.05) is 56.2 Å². The highest BCUT2D eigenvalue weighted by Crippen LogP contribution is 2.62. The Morgan fingerprint density at radius 3 is 0.865 bits per heavy atom. The molecule has 10 N–H and O–H groups in total. The summed E-state index contributed by atoms with van der Waals surface area (Å²) in [5, 5.41) is 22.0. The topological polar surface area (TPSA) is 379 Å². The Labute approximate surface area is 773 Å². The third kappa shape index (κ3) is 19.9. The summed E-state index contributed by atoms with van der Waals surface area (Å²) < 4.78 is 62.6. The predicted molar refractivity (Wildman–Crippen MR) is 511 cm³/mol. The van der Waals surface area contributed by atoms with Crippen molar-refractivity contribution >= 4 is 114 Å². The molecule has 10 aromatic rings. The van der Waals surface area contributed by atoms with E-state index in [9.17, 15) is 41.5 Å². The molecule has 5 saturated carbocycles. The van der Waals surface area contributed by atoms with Crippen molar-refractivity contribution in [3.8, 4) is 0 Å². The zero-order valence-corrected chi connectivity index (χ0v) is 77.4. The van der Waals surface area contributed by atoms with Gasteiger partial charge in [-0.15, -0.1) is 0 Å². The van der Waals surface area contributed by atoms with Crippen LogP contribution in [0.2, 0.25) is 0 Å². The molecule has 10 aromatic heterocycles. The molecule has 0 bridgehead atoms. The molecule has 10 aliphatic rings. The zero-order chi connectivity index (χ0) is 93.8. The molecule has 5 aliphatic carbocycles. The van der Waals surface area contributed by atoms with E-state index >= 15 is 0 Å². The number of anilines is 5. The van der Waals surface area contributed by atoms with Crippen LogP contribution in [0.1, 0.15) is 224 Å². The van der Waals surface area contributed by atoms with E-state index in [1.54, 1.807) is 41.1 Å². The third-order valence-corrected chi connectivity index (χ3v) is 29.5. The number of nitrogens with one attached hydrogen (secondary N) is 10. The average molecular weight is 1830 g/mol. The summed E-state index contributed by atoms with van der Waals surface area (Å²) in [7, 11) is 1.75. The number of nitrogens with zero attached hydrogens (tertiary/aromatic N) is 15. The third-order valence-electron chi connectivity index (χ3n) is 29.5. The van der Waals surface area contributed by atoms with Gasteiger partial charge in [0.1, 0.15) is 112 Å². The number of carbonyl (C=O) groups is 5. The van der Waals surface area contributed by atoms with Crippen LogP contribution in [0.25, 0.3) is 55.2 Å². The summed E-state index contributed by atoms with van der Waals surface area (Å²) in [4.78, 5) is 129. The Balaban J connectivity index is 0.000000127. The van der Waals surface area contributed by atoms with E-state index in [4.69, 9.17) is 4.74 Å². The van der Waals surface area contributed by atoms with E-state index in [0.717, 1.165) is 138 Å². The molecule has 20 atom stereocenters. The number of hydrogen-bond acceptors (Lipinski definition) is 21. The molecule has 5 aliphatic heterocycles. The van der Waals surface area contributed by atoms with Crippen molar-refractivity contribution < 1.29 is 46.3 Å². The highest BCUT2D eigenvalue weighted by molar-refractivity contribution is 5.97. The molecule has 710 valence electrons. The number of alkyl halides is 4. The van der Waals surface area contributed by atoms with Crippen molar-refractivity contribution in [2.24, 2.45) is 5.92 Å². The number of H-pyrrole nitrogens is 5. The van der Waals surface area contributed by atoms with Gasteiger partial charge in [-0.25, -0.2) is 67.4 Å². The molecule has 10 fully saturated rings. The second kappa shape index (κ2) is 38.4. The fourth-order valence-corrected chi connectivity index (χ4v) is 20.6. The average Bonchev–Trinajstić information content (AvgIpc) is 1.53. The maximum Gasteiger partial charge on any atom is 0.246 e. The monoisotopic (exact) mass is 1830 g/mol. The number of likely N-dealkylation sites (tertiary alicyclic amines) is 5. The van der Waals surface area contributed by atoms with Gasteiger partial charge in [0.25, 0.3) is 0 Å². The summed E-state index contributed by atoms with van der Waals surface area (Å²) in [5.41, 5.74) is 3.43. The van der Waals surface area contributed by atoms with Crippen LogP contribution in [0, 0.1) is 5.92 Å². The summed E-state index contributed by atoms with van der Waals surface area (Å²) >= 11 is 0. The fraction of sp³-hybridized carbons (Fsp3) is 0.541. The standard InChI is InChI=1S/C20H26FN5O.C20H27N5O2.3C19H24FN5O.CH4/c1-5-15(27)26-9-13(7-6-12(26)2)25-18-16-14(19(3)10-20(19,4)21)8-22-17(16)23-11-24-18;1-4-17(26)25-9-14(6-5-12(25)2)24-20-18-16(15-7-13(15)10-27-3)8-21-19(18)22-11-23-20;3*1-4-15(26)25-9-12(6-5-11(25)2)24-18-16-13(14-7-19(14,3)20)8-21-17(16)22-10-23-18;/h5,8,11-13H,1,6-7,9-10H2,2-4H3,(H2,22,23,24,25);4,8,11-15H,1,5-7,9-10H2,2-3H3,(H2,21,22,23,24);3*4,8,10-12,14H,1,5-7,9H2,2-3H3,(H2,21,22,23,24);1H4/t12-,13+,19?,20?;12-,13+,14+,15?;11-,12+,14?,19?;11-,12+,14+,19?;11-,12+,14-,19?;/m00000./s1. The Morgan fingerprint density at radius 2 is 0.624 bits per heavy atom. The van der Waals surface area contributed by atoms with Gasteiger partial charge in [0, 0.05) is 161 Å². The van der Waals surface area contributed by atoms with Crippen LogP contribution in [0.4, 0.5) is 46.7 Å². The lowest BCUT2D eigenvalue weighted by Gasteiger charge is -2.38. The van der Waals surface area contributed by atoms with Crippen LogP contribution in [0.3, 0.4) is 0 Å². The van der Waals surface area contributed by atoms with Crippen LogP contribution in [-0.4, -0.2) is 258 Å². The van der Waals surface area contributed by atoms with Gasteiger partial charge in [-0.3, -0.25) is 24.0 Å². The largest absolute Gasteiger partial charge is 0.384 e. The molecular weight excluding hydrogens is 1700 g/mol. The fourth-order valence-electron chi connectivity index (χ4n) is 20.6. The SMILES string of the molecule is C.C=CC(=O)N1C[C@H](Nc2ncnc3[nH]cc(C4(C)CC4(C)F)c23)CC[C@@H]1C.C=CC(=O)N1C[C@H](Nc2ncnc3[nH]cc(C4CC4(C)F)c23)CC[C@@H]1C.C=CC(=O)N1C[C@H](Nc2ncnc3[nH]cc(C4C[C@@H]4COC)c23)CC[C@@H]1C.C=CC(=O)N1C[C@H](Nc2ncnc3[nH]cc([C@@H]4CC4(C)F)c23)CC[C@@H]1C.C=CC(=O)N1C[C@H](Nc2ncnc3[nH]cc([C@H]4CC4(C)F)c23)CC[C@@H]1C. The second-order valence-corrected chi connectivity index (χ2v) is 39.1.